The lowest BCUT2D eigenvalue weighted by atomic mass is 10.2. The van der Waals surface area contributed by atoms with Gasteiger partial charge in [0, 0.05) is 23.1 Å². The lowest BCUT2D eigenvalue weighted by molar-refractivity contribution is 0.102. The molecule has 1 amide bonds. The topological polar surface area (TPSA) is 65.8 Å². The van der Waals surface area contributed by atoms with Crippen LogP contribution in [-0.2, 0) is 0 Å². The fourth-order valence-corrected chi connectivity index (χ4v) is 1.58. The van der Waals surface area contributed by atoms with Crippen LogP contribution in [0.3, 0.4) is 0 Å². The number of nitrogens with zero attached hydrogens (tertiary/aromatic N) is 2. The molecule has 1 aromatic carbocycles. The quantitative estimate of drug-likeness (QED) is 0.897. The number of carbonyl (C=O) groups is 1. The molecule has 0 spiro atoms. The summed E-state index contributed by atoms with van der Waals surface area (Å²) in [5.74, 6) is -0.943. The molecular weight excluding hydrogens is 245 g/mol. The number of amides is 1. The van der Waals surface area contributed by atoms with Crippen LogP contribution in [0.25, 0.3) is 0 Å². The summed E-state index contributed by atoms with van der Waals surface area (Å²) < 4.78 is 13.1. The van der Waals surface area contributed by atoms with Crippen molar-refractivity contribution in [1.82, 2.24) is 4.98 Å². The molecule has 5 heteroatoms. The smallest absolute Gasteiger partial charge is 0.255 e. The largest absolute Gasteiger partial charge is 0.322 e. The lowest BCUT2D eigenvalue weighted by Crippen LogP contribution is -2.12. The summed E-state index contributed by atoms with van der Waals surface area (Å²) in [5, 5.41) is 11.3. The molecule has 0 saturated carbocycles. The van der Waals surface area contributed by atoms with Gasteiger partial charge in [0.05, 0.1) is 5.56 Å². The van der Waals surface area contributed by atoms with E-state index in [4.69, 9.17) is 5.26 Å². The summed E-state index contributed by atoms with van der Waals surface area (Å²) in [6.07, 6.45) is 1.54. The van der Waals surface area contributed by atoms with E-state index in [9.17, 15) is 9.18 Å². The van der Waals surface area contributed by atoms with Crippen molar-refractivity contribution >= 4 is 11.6 Å². The first-order valence-corrected chi connectivity index (χ1v) is 5.54. The Bertz CT molecular complexity index is 677. The van der Waals surface area contributed by atoms with Crippen molar-refractivity contribution in [3.63, 3.8) is 0 Å². The predicted molar refractivity (Wildman–Crippen MR) is 68.0 cm³/mol. The molecule has 2 aromatic rings. The van der Waals surface area contributed by atoms with E-state index in [0.717, 1.165) is 11.8 Å². The third kappa shape index (κ3) is 2.93. The van der Waals surface area contributed by atoms with Crippen LogP contribution in [0.1, 0.15) is 21.6 Å². The van der Waals surface area contributed by atoms with Crippen LogP contribution in [0.2, 0.25) is 0 Å². The first-order valence-electron chi connectivity index (χ1n) is 5.54. The van der Waals surface area contributed by atoms with Gasteiger partial charge < -0.3 is 5.32 Å². The highest BCUT2D eigenvalue weighted by Gasteiger charge is 2.08. The molecule has 0 aliphatic rings. The Morgan fingerprint density at radius 3 is 2.84 bits per heavy atom. The summed E-state index contributed by atoms with van der Waals surface area (Å²) in [5.41, 5.74) is 1.45. The number of pyridine rings is 1. The number of rotatable bonds is 2. The molecule has 0 unspecified atom stereocenters. The maximum absolute atomic E-state index is 13.1. The molecule has 0 fully saturated rings. The van der Waals surface area contributed by atoms with Crippen molar-refractivity contribution in [3.05, 3.63) is 59.2 Å². The standard InChI is InChI=1S/C14H10FN3O/c1-9-6-10(4-5-17-9)14(19)18-12-2-3-13(15)11(7-12)8-16/h2-7H,1H3,(H,18,19). The molecule has 0 saturated heterocycles. The van der Waals surface area contributed by atoms with Gasteiger partial charge in [0.25, 0.3) is 5.91 Å². The molecule has 0 radical (unpaired) electrons. The van der Waals surface area contributed by atoms with E-state index in [1.54, 1.807) is 25.1 Å². The van der Waals surface area contributed by atoms with Gasteiger partial charge in [-0.25, -0.2) is 4.39 Å². The number of benzene rings is 1. The van der Waals surface area contributed by atoms with E-state index in [2.05, 4.69) is 10.3 Å². The molecule has 94 valence electrons. The molecule has 0 atom stereocenters. The molecule has 0 aliphatic heterocycles. The Morgan fingerprint density at radius 1 is 1.37 bits per heavy atom. The van der Waals surface area contributed by atoms with Gasteiger partial charge in [0.1, 0.15) is 11.9 Å². The molecule has 2 rings (SSSR count). The molecule has 1 N–H and O–H groups in total. The first kappa shape index (κ1) is 12.7. The number of hydrogen-bond acceptors (Lipinski definition) is 3. The van der Waals surface area contributed by atoms with E-state index >= 15 is 0 Å². The molecule has 19 heavy (non-hydrogen) atoms. The number of aromatic nitrogens is 1. The van der Waals surface area contributed by atoms with E-state index in [1.165, 1.54) is 18.3 Å². The van der Waals surface area contributed by atoms with Crippen molar-refractivity contribution < 1.29 is 9.18 Å². The number of hydrogen-bond donors (Lipinski definition) is 1. The second-order valence-corrected chi connectivity index (χ2v) is 3.95. The first-order chi connectivity index (χ1) is 9.10. The van der Waals surface area contributed by atoms with Crippen molar-refractivity contribution in [2.75, 3.05) is 5.32 Å². The van der Waals surface area contributed by atoms with Gasteiger partial charge in [-0.15, -0.1) is 0 Å². The second kappa shape index (κ2) is 5.27. The summed E-state index contributed by atoms with van der Waals surface area (Å²) in [6, 6.07) is 8.79. The van der Waals surface area contributed by atoms with E-state index in [1.807, 2.05) is 0 Å². The van der Waals surface area contributed by atoms with Crippen LogP contribution in [-0.4, -0.2) is 10.9 Å². The SMILES string of the molecule is Cc1cc(C(=O)Nc2ccc(F)c(C#N)c2)ccn1. The van der Waals surface area contributed by atoms with Gasteiger partial charge >= 0.3 is 0 Å². The molecule has 0 aliphatic carbocycles. The molecule has 1 heterocycles. The van der Waals surface area contributed by atoms with E-state index < -0.39 is 5.82 Å². The summed E-state index contributed by atoms with van der Waals surface area (Å²) in [6.45, 7) is 1.78. The van der Waals surface area contributed by atoms with Crippen LogP contribution in [0.4, 0.5) is 10.1 Å². The number of nitriles is 1. The van der Waals surface area contributed by atoms with Crippen LogP contribution in [0.15, 0.2) is 36.5 Å². The summed E-state index contributed by atoms with van der Waals surface area (Å²) in [4.78, 5) is 15.9. The summed E-state index contributed by atoms with van der Waals surface area (Å²) >= 11 is 0. The summed E-state index contributed by atoms with van der Waals surface area (Å²) in [7, 11) is 0. The Kier molecular flexibility index (Phi) is 3.53. The second-order valence-electron chi connectivity index (χ2n) is 3.95. The van der Waals surface area contributed by atoms with Crippen LogP contribution >= 0.6 is 0 Å². The Morgan fingerprint density at radius 2 is 2.16 bits per heavy atom. The van der Waals surface area contributed by atoms with Gasteiger partial charge in [0.15, 0.2) is 0 Å². The Hall–Kier alpha value is -2.74. The fraction of sp³-hybridized carbons (Fsp3) is 0.0714. The monoisotopic (exact) mass is 255 g/mol. The Balaban J connectivity index is 2.22. The fourth-order valence-electron chi connectivity index (χ4n) is 1.58. The zero-order valence-electron chi connectivity index (χ0n) is 10.1. The van der Waals surface area contributed by atoms with Crippen molar-refractivity contribution in [2.45, 2.75) is 6.92 Å². The molecule has 0 bridgehead atoms. The third-order valence-corrected chi connectivity index (χ3v) is 2.50. The highest BCUT2D eigenvalue weighted by molar-refractivity contribution is 6.04. The van der Waals surface area contributed by atoms with Crippen molar-refractivity contribution in [1.29, 1.82) is 5.26 Å². The van der Waals surface area contributed by atoms with E-state index in [-0.39, 0.29) is 11.5 Å². The molecule has 4 nitrogen and oxygen atoms in total. The average molecular weight is 255 g/mol. The zero-order valence-corrected chi connectivity index (χ0v) is 10.1. The third-order valence-electron chi connectivity index (χ3n) is 2.50. The highest BCUT2D eigenvalue weighted by atomic mass is 19.1. The van der Waals surface area contributed by atoms with Crippen LogP contribution in [0, 0.1) is 24.1 Å². The molecule has 1 aromatic heterocycles. The maximum Gasteiger partial charge on any atom is 0.255 e. The molecular formula is C14H10FN3O. The number of halogens is 1. The zero-order chi connectivity index (χ0) is 13.8. The number of nitrogens with one attached hydrogen (secondary N) is 1. The normalized spacial score (nSPS) is 9.74. The van der Waals surface area contributed by atoms with Gasteiger partial charge in [-0.3, -0.25) is 9.78 Å². The van der Waals surface area contributed by atoms with Crippen molar-refractivity contribution in [2.24, 2.45) is 0 Å². The highest BCUT2D eigenvalue weighted by Crippen LogP contribution is 2.15. The van der Waals surface area contributed by atoms with Gasteiger partial charge in [-0.2, -0.15) is 5.26 Å². The van der Waals surface area contributed by atoms with E-state index in [0.29, 0.717) is 11.3 Å². The van der Waals surface area contributed by atoms with Gasteiger partial charge in [0.2, 0.25) is 0 Å². The van der Waals surface area contributed by atoms with Crippen LogP contribution < -0.4 is 5.32 Å². The maximum atomic E-state index is 13.1. The lowest BCUT2D eigenvalue weighted by Gasteiger charge is -2.06. The number of aryl methyl sites for hydroxylation is 1. The minimum absolute atomic E-state index is 0.108. The van der Waals surface area contributed by atoms with Gasteiger partial charge in [-0.1, -0.05) is 0 Å². The van der Waals surface area contributed by atoms with Gasteiger partial charge in [-0.05, 0) is 37.3 Å². The minimum Gasteiger partial charge on any atom is -0.322 e. The average Bonchev–Trinajstić information content (AvgIpc) is 2.41. The Labute approximate surface area is 109 Å². The van der Waals surface area contributed by atoms with Crippen molar-refractivity contribution in [3.8, 4) is 6.07 Å². The number of carbonyl (C=O) groups excluding carboxylic acids is 1. The minimum atomic E-state index is -0.611. The number of anilines is 1. The predicted octanol–water partition coefficient (Wildman–Crippen LogP) is 2.65. The van der Waals surface area contributed by atoms with Crippen LogP contribution in [0.5, 0.6) is 0 Å².